The summed E-state index contributed by atoms with van der Waals surface area (Å²) in [5.74, 6) is -0.501. The van der Waals surface area contributed by atoms with Crippen LogP contribution in [0.2, 0.25) is 0 Å². The Bertz CT molecular complexity index is 783. The standard InChI is InChI=1S/C14H20N2O4S/c1-4-8-16(9-5-2)21(18,19)11-6-7-12-13(10-11)20-14(17)15(12)3/h6-7,10H,4-5,8-9H2,1-3H3. The molecule has 0 aliphatic rings. The first kappa shape index (κ1) is 15.8. The zero-order chi connectivity index (χ0) is 15.6. The summed E-state index contributed by atoms with van der Waals surface area (Å²) in [6, 6.07) is 4.54. The minimum absolute atomic E-state index is 0.159. The highest BCUT2D eigenvalue weighted by Gasteiger charge is 2.24. The Hall–Kier alpha value is -1.60. The lowest BCUT2D eigenvalue weighted by molar-refractivity contribution is 0.410. The minimum Gasteiger partial charge on any atom is -0.408 e. The SMILES string of the molecule is CCCN(CCC)S(=O)(=O)c1ccc2c(c1)oc(=O)n2C. The fourth-order valence-electron chi connectivity index (χ4n) is 2.27. The van der Waals surface area contributed by atoms with E-state index in [-0.39, 0.29) is 10.5 Å². The zero-order valence-corrected chi connectivity index (χ0v) is 13.3. The number of aryl methyl sites for hydroxylation is 1. The molecule has 1 heterocycles. The van der Waals surface area contributed by atoms with Gasteiger partial charge < -0.3 is 4.42 Å². The summed E-state index contributed by atoms with van der Waals surface area (Å²) in [5, 5.41) is 0. The van der Waals surface area contributed by atoms with Crippen LogP contribution in [0.25, 0.3) is 11.1 Å². The third-order valence-corrected chi connectivity index (χ3v) is 5.24. The van der Waals surface area contributed by atoms with Crippen LogP contribution < -0.4 is 5.76 Å². The van der Waals surface area contributed by atoms with Crippen LogP contribution in [0, 0.1) is 0 Å². The van der Waals surface area contributed by atoms with Crippen LogP contribution in [0.5, 0.6) is 0 Å². The second-order valence-electron chi connectivity index (χ2n) is 4.96. The average molecular weight is 312 g/mol. The molecule has 0 saturated heterocycles. The van der Waals surface area contributed by atoms with Gasteiger partial charge in [-0.2, -0.15) is 4.31 Å². The molecular formula is C14H20N2O4S. The van der Waals surface area contributed by atoms with E-state index >= 15 is 0 Å². The van der Waals surface area contributed by atoms with Gasteiger partial charge >= 0.3 is 5.76 Å². The van der Waals surface area contributed by atoms with Gasteiger partial charge in [-0.05, 0) is 25.0 Å². The third kappa shape index (κ3) is 2.89. The maximum absolute atomic E-state index is 12.6. The van der Waals surface area contributed by atoms with Crippen molar-refractivity contribution < 1.29 is 12.8 Å². The van der Waals surface area contributed by atoms with E-state index < -0.39 is 15.8 Å². The van der Waals surface area contributed by atoms with E-state index in [0.717, 1.165) is 12.8 Å². The van der Waals surface area contributed by atoms with Crippen LogP contribution in [-0.4, -0.2) is 30.4 Å². The summed E-state index contributed by atoms with van der Waals surface area (Å²) in [6.45, 7) is 4.84. The molecule has 0 saturated carbocycles. The van der Waals surface area contributed by atoms with Crippen LogP contribution in [0.1, 0.15) is 26.7 Å². The van der Waals surface area contributed by atoms with Crippen LogP contribution in [0.15, 0.2) is 32.3 Å². The Morgan fingerprint density at radius 1 is 1.19 bits per heavy atom. The Kier molecular flexibility index (Phi) is 4.53. The lowest BCUT2D eigenvalue weighted by Gasteiger charge is -2.20. The largest absolute Gasteiger partial charge is 0.419 e. The molecule has 2 aromatic rings. The van der Waals surface area contributed by atoms with Gasteiger partial charge in [0.05, 0.1) is 10.4 Å². The molecule has 1 aromatic heterocycles. The van der Waals surface area contributed by atoms with Crippen molar-refractivity contribution in [2.45, 2.75) is 31.6 Å². The highest BCUT2D eigenvalue weighted by atomic mass is 32.2. The number of fused-ring (bicyclic) bond motifs is 1. The van der Waals surface area contributed by atoms with Gasteiger partial charge in [0, 0.05) is 26.2 Å². The third-order valence-electron chi connectivity index (χ3n) is 3.35. The fraction of sp³-hybridized carbons (Fsp3) is 0.500. The molecule has 0 atom stereocenters. The van der Waals surface area contributed by atoms with E-state index in [9.17, 15) is 13.2 Å². The molecular weight excluding hydrogens is 292 g/mol. The molecule has 0 N–H and O–H groups in total. The molecule has 7 heteroatoms. The summed E-state index contributed by atoms with van der Waals surface area (Å²) in [7, 11) is -1.97. The van der Waals surface area contributed by atoms with Gasteiger partial charge in [-0.15, -0.1) is 0 Å². The van der Waals surface area contributed by atoms with E-state index in [1.54, 1.807) is 13.1 Å². The maximum atomic E-state index is 12.6. The molecule has 21 heavy (non-hydrogen) atoms. The van der Waals surface area contributed by atoms with Crippen molar-refractivity contribution in [3.63, 3.8) is 0 Å². The Balaban J connectivity index is 2.50. The quantitative estimate of drug-likeness (QED) is 0.817. The van der Waals surface area contributed by atoms with E-state index in [1.165, 1.54) is 21.0 Å². The summed E-state index contributed by atoms with van der Waals surface area (Å²) in [4.78, 5) is 11.6. The molecule has 6 nitrogen and oxygen atoms in total. The molecule has 0 aliphatic heterocycles. The van der Waals surface area contributed by atoms with Gasteiger partial charge in [-0.1, -0.05) is 13.8 Å². The summed E-state index contributed by atoms with van der Waals surface area (Å²) >= 11 is 0. The molecule has 1 aromatic carbocycles. The van der Waals surface area contributed by atoms with Crippen molar-refractivity contribution in [1.29, 1.82) is 0 Å². The van der Waals surface area contributed by atoms with E-state index in [1.807, 2.05) is 13.8 Å². The number of benzene rings is 1. The number of aromatic nitrogens is 1. The van der Waals surface area contributed by atoms with Crippen LogP contribution in [0.4, 0.5) is 0 Å². The minimum atomic E-state index is -3.56. The first-order valence-corrected chi connectivity index (χ1v) is 8.45. The highest BCUT2D eigenvalue weighted by molar-refractivity contribution is 7.89. The first-order chi connectivity index (χ1) is 9.91. The molecule has 2 rings (SSSR count). The monoisotopic (exact) mass is 312 g/mol. The van der Waals surface area contributed by atoms with E-state index in [0.29, 0.717) is 18.6 Å². The number of rotatable bonds is 6. The summed E-state index contributed by atoms with van der Waals surface area (Å²) in [5.41, 5.74) is 0.869. The van der Waals surface area contributed by atoms with Crippen molar-refractivity contribution in [2.24, 2.45) is 7.05 Å². The van der Waals surface area contributed by atoms with Crippen molar-refractivity contribution >= 4 is 21.1 Å². The lowest BCUT2D eigenvalue weighted by atomic mass is 10.3. The predicted molar refractivity (Wildman–Crippen MR) is 80.8 cm³/mol. The molecule has 0 fully saturated rings. The Morgan fingerprint density at radius 3 is 2.38 bits per heavy atom. The average Bonchev–Trinajstić information content (AvgIpc) is 2.73. The lowest BCUT2D eigenvalue weighted by Crippen LogP contribution is -2.32. The summed E-state index contributed by atoms with van der Waals surface area (Å²) < 4.78 is 33.2. The molecule has 0 spiro atoms. The second-order valence-corrected chi connectivity index (χ2v) is 6.90. The molecule has 0 aliphatic carbocycles. The van der Waals surface area contributed by atoms with Crippen LogP contribution in [0.3, 0.4) is 0 Å². The Labute approximate surface area is 124 Å². The van der Waals surface area contributed by atoms with Gasteiger partial charge in [0.1, 0.15) is 0 Å². The van der Waals surface area contributed by atoms with Gasteiger partial charge in [0.25, 0.3) is 0 Å². The highest BCUT2D eigenvalue weighted by Crippen LogP contribution is 2.21. The number of hydrogen-bond donors (Lipinski definition) is 0. The topological polar surface area (TPSA) is 72.5 Å². The number of sulfonamides is 1. The molecule has 0 unspecified atom stereocenters. The van der Waals surface area contributed by atoms with Crippen LogP contribution >= 0.6 is 0 Å². The normalized spacial score (nSPS) is 12.4. The fourth-order valence-corrected chi connectivity index (χ4v) is 3.91. The maximum Gasteiger partial charge on any atom is 0.419 e. The van der Waals surface area contributed by atoms with Gasteiger partial charge in [0.2, 0.25) is 10.0 Å². The summed E-state index contributed by atoms with van der Waals surface area (Å²) in [6.07, 6.45) is 1.50. The molecule has 116 valence electrons. The van der Waals surface area contributed by atoms with Crippen LogP contribution in [-0.2, 0) is 17.1 Å². The Morgan fingerprint density at radius 2 is 1.81 bits per heavy atom. The van der Waals surface area contributed by atoms with Gasteiger partial charge in [-0.3, -0.25) is 4.57 Å². The number of hydrogen-bond acceptors (Lipinski definition) is 4. The predicted octanol–water partition coefficient (Wildman–Crippen LogP) is 1.94. The van der Waals surface area contributed by atoms with E-state index in [2.05, 4.69) is 0 Å². The first-order valence-electron chi connectivity index (χ1n) is 7.01. The second kappa shape index (κ2) is 6.03. The molecule has 0 bridgehead atoms. The number of oxazole rings is 1. The number of nitrogens with zero attached hydrogens (tertiary/aromatic N) is 2. The molecule has 0 amide bonds. The van der Waals surface area contributed by atoms with Gasteiger partial charge in [0.15, 0.2) is 5.58 Å². The van der Waals surface area contributed by atoms with Gasteiger partial charge in [-0.25, -0.2) is 13.2 Å². The molecule has 0 radical (unpaired) electrons. The van der Waals surface area contributed by atoms with Crippen molar-refractivity contribution in [1.82, 2.24) is 8.87 Å². The van der Waals surface area contributed by atoms with Crippen molar-refractivity contribution in [2.75, 3.05) is 13.1 Å². The smallest absolute Gasteiger partial charge is 0.408 e. The zero-order valence-electron chi connectivity index (χ0n) is 12.5. The van der Waals surface area contributed by atoms with E-state index in [4.69, 9.17) is 4.42 Å². The van der Waals surface area contributed by atoms with Crippen molar-refractivity contribution in [3.8, 4) is 0 Å². The van der Waals surface area contributed by atoms with Crippen molar-refractivity contribution in [3.05, 3.63) is 28.7 Å².